The van der Waals surface area contributed by atoms with Crippen molar-refractivity contribution in [2.75, 3.05) is 40.9 Å². The Morgan fingerprint density at radius 1 is 1.08 bits per heavy atom. The lowest BCUT2D eigenvalue weighted by atomic mass is 9.95. The van der Waals surface area contributed by atoms with E-state index in [4.69, 9.17) is 14.2 Å². The third kappa shape index (κ3) is 6.63. The zero-order valence-corrected chi connectivity index (χ0v) is 22.6. The Labute approximate surface area is 219 Å². The van der Waals surface area contributed by atoms with Crippen molar-refractivity contribution in [2.24, 2.45) is 0 Å². The van der Waals surface area contributed by atoms with Gasteiger partial charge >= 0.3 is 0 Å². The molecule has 0 saturated carbocycles. The van der Waals surface area contributed by atoms with Crippen LogP contribution in [0.4, 0.5) is 0 Å². The van der Waals surface area contributed by atoms with Crippen LogP contribution in [0.2, 0.25) is 0 Å². The summed E-state index contributed by atoms with van der Waals surface area (Å²) in [5.41, 5.74) is 1.14. The SMILES string of the molecule is CCCOc1ccc([C@H]2/C(=C(\O)c3ccc(OC(C)C)cc3)C(=O)C(=O)N2CCCN(C)C)cc1OC. The molecule has 1 aliphatic rings. The summed E-state index contributed by atoms with van der Waals surface area (Å²) in [6.07, 6.45) is 1.52. The van der Waals surface area contributed by atoms with E-state index in [1.807, 2.05) is 45.8 Å². The minimum atomic E-state index is -0.761. The van der Waals surface area contributed by atoms with Crippen LogP contribution in [0.15, 0.2) is 48.0 Å². The number of carbonyl (C=O) groups excluding carboxylic acids is 2. The number of rotatable bonds is 12. The average molecular weight is 511 g/mol. The lowest BCUT2D eigenvalue weighted by molar-refractivity contribution is -0.139. The van der Waals surface area contributed by atoms with E-state index in [1.54, 1.807) is 43.5 Å². The number of Topliss-reactive ketones (excluding diaryl/α,β-unsaturated/α-hetero) is 1. The predicted molar refractivity (Wildman–Crippen MR) is 143 cm³/mol. The minimum absolute atomic E-state index is 0.00574. The van der Waals surface area contributed by atoms with Crippen LogP contribution in [-0.2, 0) is 9.59 Å². The molecular formula is C29H38N2O6. The fraction of sp³-hybridized carbons (Fsp3) is 0.448. The molecule has 1 fully saturated rings. The zero-order valence-electron chi connectivity index (χ0n) is 22.6. The smallest absolute Gasteiger partial charge is 0.295 e. The predicted octanol–water partition coefficient (Wildman–Crippen LogP) is 4.64. The summed E-state index contributed by atoms with van der Waals surface area (Å²) in [6.45, 7) is 7.53. The van der Waals surface area contributed by atoms with Gasteiger partial charge in [0.1, 0.15) is 11.5 Å². The number of methoxy groups -OCH3 is 1. The summed E-state index contributed by atoms with van der Waals surface area (Å²) in [6, 6.07) is 11.4. The van der Waals surface area contributed by atoms with Crippen molar-refractivity contribution in [3.05, 3.63) is 59.2 Å². The molecule has 0 unspecified atom stereocenters. The standard InChI is InChI=1S/C29H38N2O6/c1-7-17-36-23-14-11-21(18-24(23)35-6)26-25(28(33)29(34)31(26)16-8-15-30(4)5)27(32)20-9-12-22(13-10-20)37-19(2)3/h9-14,18-19,26,32H,7-8,15-17H2,1-6H3/b27-25+/t26-/m0/s1. The van der Waals surface area contributed by atoms with Crippen molar-refractivity contribution in [3.8, 4) is 17.2 Å². The molecule has 3 rings (SSSR count). The number of nitrogens with zero attached hydrogens (tertiary/aromatic N) is 2. The van der Waals surface area contributed by atoms with Crippen molar-refractivity contribution in [1.82, 2.24) is 9.80 Å². The number of hydrogen-bond acceptors (Lipinski definition) is 7. The van der Waals surface area contributed by atoms with Gasteiger partial charge in [-0.1, -0.05) is 13.0 Å². The van der Waals surface area contributed by atoms with Gasteiger partial charge in [0.05, 0.1) is 31.4 Å². The van der Waals surface area contributed by atoms with E-state index in [-0.39, 0.29) is 17.4 Å². The summed E-state index contributed by atoms with van der Waals surface area (Å²) >= 11 is 0. The fourth-order valence-corrected chi connectivity index (χ4v) is 4.32. The molecule has 8 nitrogen and oxygen atoms in total. The van der Waals surface area contributed by atoms with Gasteiger partial charge < -0.3 is 29.1 Å². The second-order valence-corrected chi connectivity index (χ2v) is 9.60. The largest absolute Gasteiger partial charge is 0.507 e. The first-order chi connectivity index (χ1) is 17.7. The molecule has 1 N–H and O–H groups in total. The zero-order chi connectivity index (χ0) is 27.1. The maximum Gasteiger partial charge on any atom is 0.295 e. The topological polar surface area (TPSA) is 88.5 Å². The molecule has 0 aromatic heterocycles. The fourth-order valence-electron chi connectivity index (χ4n) is 4.32. The monoisotopic (exact) mass is 510 g/mol. The molecule has 1 atom stereocenters. The molecule has 37 heavy (non-hydrogen) atoms. The van der Waals surface area contributed by atoms with E-state index in [2.05, 4.69) is 0 Å². The summed E-state index contributed by atoms with van der Waals surface area (Å²) in [4.78, 5) is 30.0. The van der Waals surface area contributed by atoms with Crippen LogP contribution in [0.25, 0.3) is 5.76 Å². The molecule has 200 valence electrons. The molecule has 0 aliphatic carbocycles. The Bertz CT molecular complexity index is 1120. The van der Waals surface area contributed by atoms with Gasteiger partial charge in [-0.25, -0.2) is 0 Å². The van der Waals surface area contributed by atoms with Crippen LogP contribution in [-0.4, -0.2) is 73.6 Å². The summed E-state index contributed by atoms with van der Waals surface area (Å²) in [5.74, 6) is 0.174. The molecule has 0 spiro atoms. The van der Waals surface area contributed by atoms with Gasteiger partial charge in [0, 0.05) is 12.1 Å². The molecule has 8 heteroatoms. The van der Waals surface area contributed by atoms with Crippen LogP contribution in [0.1, 0.15) is 50.8 Å². The number of aliphatic hydroxyl groups excluding tert-OH is 1. The molecule has 2 aromatic carbocycles. The van der Waals surface area contributed by atoms with Crippen LogP contribution in [0, 0.1) is 0 Å². The Kier molecular flexibility index (Phi) is 9.58. The lowest BCUT2D eigenvalue weighted by Gasteiger charge is -2.26. The second-order valence-electron chi connectivity index (χ2n) is 9.60. The van der Waals surface area contributed by atoms with Crippen molar-refractivity contribution in [3.63, 3.8) is 0 Å². The number of carbonyl (C=O) groups is 2. The van der Waals surface area contributed by atoms with E-state index in [1.165, 1.54) is 4.90 Å². The third-order valence-electron chi connectivity index (χ3n) is 6.01. The van der Waals surface area contributed by atoms with Crippen molar-refractivity contribution < 1.29 is 28.9 Å². The van der Waals surface area contributed by atoms with E-state index >= 15 is 0 Å². The summed E-state index contributed by atoms with van der Waals surface area (Å²) < 4.78 is 17.0. The van der Waals surface area contributed by atoms with E-state index < -0.39 is 17.7 Å². The van der Waals surface area contributed by atoms with Crippen molar-refractivity contribution in [2.45, 2.75) is 45.8 Å². The lowest BCUT2D eigenvalue weighted by Crippen LogP contribution is -2.32. The number of likely N-dealkylation sites (tertiary alicyclic amines) is 1. The first-order valence-electron chi connectivity index (χ1n) is 12.7. The number of hydrogen-bond donors (Lipinski definition) is 1. The number of ketones is 1. The summed E-state index contributed by atoms with van der Waals surface area (Å²) in [5, 5.41) is 11.3. The Balaban J connectivity index is 2.08. The second kappa shape index (κ2) is 12.6. The van der Waals surface area contributed by atoms with Gasteiger partial charge in [-0.2, -0.15) is 0 Å². The quantitative estimate of drug-likeness (QED) is 0.253. The third-order valence-corrected chi connectivity index (χ3v) is 6.01. The first-order valence-corrected chi connectivity index (χ1v) is 12.7. The summed E-state index contributed by atoms with van der Waals surface area (Å²) in [7, 11) is 5.46. The molecule has 1 heterocycles. The van der Waals surface area contributed by atoms with Gasteiger partial charge in [0.2, 0.25) is 0 Å². The van der Waals surface area contributed by atoms with E-state index in [9.17, 15) is 14.7 Å². The molecule has 1 amide bonds. The number of amides is 1. The number of ether oxygens (including phenoxy) is 3. The van der Waals surface area contributed by atoms with Crippen LogP contribution in [0.3, 0.4) is 0 Å². The molecule has 0 bridgehead atoms. The number of aliphatic hydroxyl groups is 1. The highest BCUT2D eigenvalue weighted by Crippen LogP contribution is 2.42. The van der Waals surface area contributed by atoms with Crippen LogP contribution < -0.4 is 14.2 Å². The van der Waals surface area contributed by atoms with E-state index in [0.717, 1.165) is 13.0 Å². The van der Waals surface area contributed by atoms with Crippen molar-refractivity contribution in [1.29, 1.82) is 0 Å². The van der Waals surface area contributed by atoms with E-state index in [0.29, 0.717) is 47.9 Å². The maximum atomic E-state index is 13.3. The van der Waals surface area contributed by atoms with Gasteiger partial charge in [-0.3, -0.25) is 9.59 Å². The Hall–Kier alpha value is -3.52. The minimum Gasteiger partial charge on any atom is -0.507 e. The highest BCUT2D eigenvalue weighted by Gasteiger charge is 2.46. The van der Waals surface area contributed by atoms with Gasteiger partial charge in [0.15, 0.2) is 11.5 Å². The molecule has 0 radical (unpaired) electrons. The highest BCUT2D eigenvalue weighted by atomic mass is 16.5. The highest BCUT2D eigenvalue weighted by molar-refractivity contribution is 6.46. The van der Waals surface area contributed by atoms with Crippen LogP contribution in [0.5, 0.6) is 17.2 Å². The van der Waals surface area contributed by atoms with Gasteiger partial charge in [0.25, 0.3) is 11.7 Å². The molecule has 2 aromatic rings. The normalized spacial score (nSPS) is 17.1. The average Bonchev–Trinajstić information content (AvgIpc) is 3.12. The molecule has 1 saturated heterocycles. The van der Waals surface area contributed by atoms with Gasteiger partial charge in [-0.15, -0.1) is 0 Å². The van der Waals surface area contributed by atoms with Crippen molar-refractivity contribution >= 4 is 17.4 Å². The van der Waals surface area contributed by atoms with Gasteiger partial charge in [-0.05, 0) is 89.3 Å². The Morgan fingerprint density at radius 3 is 2.38 bits per heavy atom. The number of benzene rings is 2. The Morgan fingerprint density at radius 2 is 1.78 bits per heavy atom. The molecular weight excluding hydrogens is 472 g/mol. The molecule has 1 aliphatic heterocycles. The van der Waals surface area contributed by atoms with Crippen LogP contribution >= 0.6 is 0 Å². The first kappa shape index (κ1) is 28.1. The maximum absolute atomic E-state index is 13.3.